The summed E-state index contributed by atoms with van der Waals surface area (Å²) in [4.78, 5) is 10.9. The number of carbonyl (C=O) groups excluding carboxylic acids is 1. The van der Waals surface area contributed by atoms with Crippen LogP contribution >= 0.6 is 0 Å². The molecule has 20 heavy (non-hydrogen) atoms. The molecule has 0 aromatic heterocycles. The van der Waals surface area contributed by atoms with E-state index in [9.17, 15) is 22.4 Å². The number of amides is 1. The third-order valence-corrected chi connectivity index (χ3v) is 2.39. The molecule has 4 nitrogen and oxygen atoms in total. The van der Waals surface area contributed by atoms with Gasteiger partial charge in [-0.25, -0.2) is 9.18 Å². The lowest BCUT2D eigenvalue weighted by Crippen LogP contribution is -2.28. The highest BCUT2D eigenvalue weighted by Gasteiger charge is 2.34. The third-order valence-electron chi connectivity index (χ3n) is 2.15. The van der Waals surface area contributed by atoms with Crippen LogP contribution in [0, 0.1) is 5.82 Å². The van der Waals surface area contributed by atoms with Crippen LogP contribution in [0.3, 0.4) is 0 Å². The Balaban J connectivity index is 2.68. The van der Waals surface area contributed by atoms with E-state index in [4.69, 9.17) is 9.47 Å². The summed E-state index contributed by atoms with van der Waals surface area (Å²) in [5, 5.41) is 0. The van der Waals surface area contributed by atoms with Gasteiger partial charge in [-0.15, -0.1) is 0 Å². The Hall–Kier alpha value is -1.46. The Kier molecular flexibility index (Phi) is 5.65. The van der Waals surface area contributed by atoms with Crippen molar-refractivity contribution in [3.05, 3.63) is 29.6 Å². The zero-order chi connectivity index (χ0) is 15.3. The van der Waals surface area contributed by atoms with Crippen LogP contribution < -0.4 is 9.04 Å². The van der Waals surface area contributed by atoms with Gasteiger partial charge in [0, 0.05) is 0 Å². The zero-order valence-corrected chi connectivity index (χ0v) is 11.5. The van der Waals surface area contributed by atoms with Gasteiger partial charge in [0.1, 0.15) is 24.3 Å². The molecule has 0 bridgehead atoms. The maximum atomic E-state index is 13.0. The summed E-state index contributed by atoms with van der Waals surface area (Å²) in [6, 6.07) is 2.28. The van der Waals surface area contributed by atoms with Crippen LogP contribution in [0.15, 0.2) is 18.2 Å². The molecular weight excluding hydrogens is 297 g/mol. The molecule has 1 amide bonds. The van der Waals surface area contributed by atoms with Crippen molar-refractivity contribution in [1.29, 1.82) is 0 Å². The molecule has 0 aliphatic carbocycles. The molecule has 0 spiro atoms. The summed E-state index contributed by atoms with van der Waals surface area (Å²) >= 11 is 1.94. The van der Waals surface area contributed by atoms with Crippen molar-refractivity contribution in [3.8, 4) is 5.75 Å². The summed E-state index contributed by atoms with van der Waals surface area (Å²) < 4.78 is 62.3. The summed E-state index contributed by atoms with van der Waals surface area (Å²) in [7, 11) is 0. The number of alkyl halides is 3. The average Bonchev–Trinajstić information content (AvgIpc) is 2.36. The van der Waals surface area contributed by atoms with Crippen LogP contribution in [-0.4, -0.2) is 35.3 Å². The first-order valence-corrected chi connectivity index (χ1v) is 5.98. The van der Waals surface area contributed by atoms with E-state index in [2.05, 4.69) is 4.30 Å². The highest BCUT2D eigenvalue weighted by atomic mass is 27.1. The summed E-state index contributed by atoms with van der Waals surface area (Å²) in [5.41, 5.74) is -1.41. The van der Waals surface area contributed by atoms with Crippen molar-refractivity contribution >= 4 is 22.6 Å². The monoisotopic (exact) mass is 307 g/mol. The van der Waals surface area contributed by atoms with E-state index in [1.54, 1.807) is 0 Å². The quantitative estimate of drug-likeness (QED) is 0.686. The molecule has 1 unspecified atom stereocenters. The molecule has 0 fully saturated rings. The fourth-order valence-electron chi connectivity index (χ4n) is 1.28. The predicted molar refractivity (Wildman–Crippen MR) is 61.7 cm³/mol. The lowest BCUT2D eigenvalue weighted by atomic mass is 10.2. The Morgan fingerprint density at radius 1 is 1.45 bits per heavy atom. The molecule has 2 radical (unpaired) electrons. The number of hydrogen-bond donors (Lipinski definition) is 1. The number of carbonyl (C=O) groups is 1. The maximum absolute atomic E-state index is 13.0. The Bertz CT molecular complexity index is 481. The molecule has 1 N–H and O–H groups in total. The molecule has 0 saturated heterocycles. The van der Waals surface area contributed by atoms with Crippen molar-refractivity contribution in [2.75, 3.05) is 6.61 Å². The van der Waals surface area contributed by atoms with Crippen molar-refractivity contribution in [3.63, 3.8) is 0 Å². The minimum absolute atomic E-state index is 0.166. The van der Waals surface area contributed by atoms with Crippen molar-refractivity contribution < 1.29 is 31.8 Å². The first-order valence-electron chi connectivity index (χ1n) is 5.40. The average molecular weight is 307 g/mol. The number of benzene rings is 1. The molecule has 9 heteroatoms. The van der Waals surface area contributed by atoms with Gasteiger partial charge in [0.15, 0.2) is 0 Å². The number of rotatable bonds is 4. The second-order valence-electron chi connectivity index (χ2n) is 3.81. The summed E-state index contributed by atoms with van der Waals surface area (Å²) in [6.45, 7) is 1.33. The van der Waals surface area contributed by atoms with Gasteiger partial charge in [-0.3, -0.25) is 0 Å². The molecule has 1 rings (SSSR count). The number of halogens is 4. The molecule has 1 aromatic rings. The van der Waals surface area contributed by atoms with E-state index in [0.717, 1.165) is 6.07 Å². The molecule has 1 atom stereocenters. The van der Waals surface area contributed by atoms with Crippen LogP contribution in [0.4, 0.5) is 22.4 Å². The van der Waals surface area contributed by atoms with Crippen LogP contribution in [0.1, 0.15) is 12.5 Å². The van der Waals surface area contributed by atoms with Gasteiger partial charge in [-0.1, -0.05) is 0 Å². The molecule has 0 aliphatic heterocycles. The van der Waals surface area contributed by atoms with Crippen LogP contribution in [-0.2, 0) is 10.9 Å². The normalized spacial score (nSPS) is 12.7. The number of nitrogens with one attached hydrogen (secondary N) is 1. The van der Waals surface area contributed by atoms with Gasteiger partial charge < -0.3 is 13.8 Å². The largest absolute Gasteiger partial charge is 0.490 e. The van der Waals surface area contributed by atoms with Gasteiger partial charge in [0.05, 0.1) is 5.56 Å². The van der Waals surface area contributed by atoms with Gasteiger partial charge >= 0.3 is 28.8 Å². The Labute approximate surface area is 120 Å². The maximum Gasteiger partial charge on any atom is 0.419 e. The predicted octanol–water partition coefficient (Wildman–Crippen LogP) is 2.42. The fraction of sp³-hybridized carbons (Fsp3) is 0.364. The van der Waals surface area contributed by atoms with Gasteiger partial charge in [-0.2, -0.15) is 13.2 Å². The molecule has 108 valence electrons. The van der Waals surface area contributed by atoms with Crippen LogP contribution in [0.2, 0.25) is 0 Å². The van der Waals surface area contributed by atoms with E-state index >= 15 is 0 Å². The summed E-state index contributed by atoms with van der Waals surface area (Å²) in [6.07, 6.45) is -6.21. The van der Waals surface area contributed by atoms with Crippen molar-refractivity contribution in [2.45, 2.75) is 19.2 Å². The lowest BCUT2D eigenvalue weighted by Gasteiger charge is -2.15. The molecule has 0 heterocycles. The van der Waals surface area contributed by atoms with E-state index < -0.39 is 29.8 Å². The highest BCUT2D eigenvalue weighted by Crippen LogP contribution is 2.33. The molecule has 0 aliphatic rings. The Morgan fingerprint density at radius 3 is 2.65 bits per heavy atom. The SMILES string of the molecule is CC(COc1ccc(F)c(C(F)(F)F)c1)OC(=O)[NH][Al]. The van der Waals surface area contributed by atoms with Gasteiger partial charge in [0.2, 0.25) is 0 Å². The summed E-state index contributed by atoms with van der Waals surface area (Å²) in [5.74, 6) is -1.54. The van der Waals surface area contributed by atoms with Crippen molar-refractivity contribution in [1.82, 2.24) is 4.30 Å². The van der Waals surface area contributed by atoms with E-state index in [1.165, 1.54) is 6.92 Å². The number of ether oxygens (including phenoxy) is 2. The smallest absolute Gasteiger partial charge is 0.419 e. The minimum Gasteiger partial charge on any atom is -0.490 e. The lowest BCUT2D eigenvalue weighted by molar-refractivity contribution is -0.140. The Morgan fingerprint density at radius 2 is 2.10 bits per heavy atom. The van der Waals surface area contributed by atoms with Crippen LogP contribution in [0.5, 0.6) is 5.75 Å². The molecule has 1 aromatic carbocycles. The molecular formula is C11H10AlF4NO3. The standard InChI is InChI=1S/C11H11F4NO3.Al/c1-6(19-10(16)17)5-18-7-2-3-9(12)8(4-7)11(13,14)15;/h2-4,6H,5H2,1H3,(H2,16,17);/q;+1/p-1. The van der Waals surface area contributed by atoms with Gasteiger partial charge in [-0.05, 0) is 25.1 Å². The first-order chi connectivity index (χ1) is 9.24. The zero-order valence-electron chi connectivity index (χ0n) is 10.3. The van der Waals surface area contributed by atoms with Crippen LogP contribution in [0.25, 0.3) is 0 Å². The van der Waals surface area contributed by atoms with E-state index in [1.807, 2.05) is 16.5 Å². The highest BCUT2D eigenvalue weighted by molar-refractivity contribution is 6.12. The second kappa shape index (κ2) is 6.81. The topological polar surface area (TPSA) is 47.6 Å². The number of hydrogen-bond acceptors (Lipinski definition) is 3. The minimum atomic E-state index is -4.80. The molecule has 0 saturated carbocycles. The van der Waals surface area contributed by atoms with Gasteiger partial charge in [0.25, 0.3) is 0 Å². The van der Waals surface area contributed by atoms with E-state index in [-0.39, 0.29) is 12.4 Å². The second-order valence-corrected chi connectivity index (χ2v) is 4.10. The first kappa shape index (κ1) is 16.6. The van der Waals surface area contributed by atoms with Crippen molar-refractivity contribution in [2.24, 2.45) is 0 Å². The third kappa shape index (κ3) is 4.91. The van der Waals surface area contributed by atoms with E-state index in [0.29, 0.717) is 12.1 Å². The fourth-order valence-corrected chi connectivity index (χ4v) is 1.34.